The smallest absolute Gasteiger partial charge is 0.351 e. The molecule has 1 saturated carbocycles. The standard InChI is InChI=1S/C35H52N3O2/c1-8-10-22-37(23-11-9-2)29-19-17-28(18-20-29)34-36(7)31-14-12-13-15-32(31)38(34)27(6)35(39)40-33-24-26(5)16-21-30(33)25(3)4/h12-15,17-20,25-27,30,33H,8-11,16,21-24H2,1-7H3/q+1/t26-,27-,30?,33-/m1/s1. The second kappa shape index (κ2) is 13.7. The predicted molar refractivity (Wildman–Crippen MR) is 167 cm³/mol. The second-order valence-electron chi connectivity index (χ2n) is 12.5. The van der Waals surface area contributed by atoms with E-state index in [0.29, 0.717) is 17.8 Å². The van der Waals surface area contributed by atoms with Crippen LogP contribution in [0.15, 0.2) is 48.5 Å². The summed E-state index contributed by atoms with van der Waals surface area (Å²) in [5, 5.41) is 0. The van der Waals surface area contributed by atoms with Gasteiger partial charge in [0.05, 0.1) is 12.6 Å². The number of rotatable bonds is 12. The van der Waals surface area contributed by atoms with Crippen molar-refractivity contribution < 1.29 is 14.1 Å². The molecule has 1 unspecified atom stereocenters. The summed E-state index contributed by atoms with van der Waals surface area (Å²) in [5.41, 5.74) is 4.55. The molecule has 5 nitrogen and oxygen atoms in total. The number of aryl methyl sites for hydroxylation is 1. The molecular weight excluding hydrogens is 494 g/mol. The van der Waals surface area contributed by atoms with Crippen LogP contribution in [-0.2, 0) is 16.6 Å². The van der Waals surface area contributed by atoms with Crippen LogP contribution in [0.1, 0.15) is 92.5 Å². The van der Waals surface area contributed by atoms with E-state index in [2.05, 4.69) is 104 Å². The molecule has 0 spiro atoms. The summed E-state index contributed by atoms with van der Waals surface area (Å²) in [6.07, 6.45) is 8.11. The number of nitrogens with zero attached hydrogens (tertiary/aromatic N) is 3. The fourth-order valence-electron chi connectivity index (χ4n) is 6.56. The number of fused-ring (bicyclic) bond motifs is 1. The lowest BCUT2D eigenvalue weighted by Crippen LogP contribution is -2.38. The average molecular weight is 547 g/mol. The molecule has 1 fully saturated rings. The zero-order valence-corrected chi connectivity index (χ0v) is 26.0. The maximum Gasteiger partial charge on any atom is 0.351 e. The molecule has 0 aliphatic heterocycles. The number of benzene rings is 2. The molecule has 0 saturated heterocycles. The van der Waals surface area contributed by atoms with Gasteiger partial charge in [-0.15, -0.1) is 0 Å². The number of carbonyl (C=O) groups excluding carboxylic acids is 1. The van der Waals surface area contributed by atoms with Gasteiger partial charge in [-0.1, -0.05) is 66.0 Å². The first-order chi connectivity index (χ1) is 19.3. The third-order valence-electron chi connectivity index (χ3n) is 9.06. The summed E-state index contributed by atoms with van der Waals surface area (Å²) in [6.45, 7) is 15.5. The van der Waals surface area contributed by atoms with Crippen LogP contribution in [0.2, 0.25) is 0 Å². The molecule has 3 aromatic rings. The highest BCUT2D eigenvalue weighted by Gasteiger charge is 2.37. The van der Waals surface area contributed by atoms with E-state index in [-0.39, 0.29) is 12.1 Å². The molecule has 1 aliphatic rings. The van der Waals surface area contributed by atoms with Crippen LogP contribution in [0, 0.1) is 17.8 Å². The van der Waals surface area contributed by atoms with E-state index >= 15 is 0 Å². The average Bonchev–Trinajstić information content (AvgIpc) is 3.25. The quantitative estimate of drug-likeness (QED) is 0.170. The highest BCUT2D eigenvalue weighted by molar-refractivity contribution is 5.82. The van der Waals surface area contributed by atoms with Crippen molar-refractivity contribution in [2.45, 2.75) is 98.6 Å². The lowest BCUT2D eigenvalue weighted by atomic mass is 9.75. The Kier molecular flexibility index (Phi) is 10.3. The normalized spacial score (nSPS) is 20.1. The van der Waals surface area contributed by atoms with E-state index in [0.717, 1.165) is 48.4 Å². The largest absolute Gasteiger partial charge is 0.459 e. The predicted octanol–water partition coefficient (Wildman–Crippen LogP) is 8.10. The van der Waals surface area contributed by atoms with Crippen LogP contribution >= 0.6 is 0 Å². The molecule has 5 heteroatoms. The first kappa shape index (κ1) is 30.1. The Morgan fingerprint density at radius 3 is 2.27 bits per heavy atom. The van der Waals surface area contributed by atoms with Crippen molar-refractivity contribution in [2.75, 3.05) is 18.0 Å². The number of ether oxygens (including phenoxy) is 1. The number of anilines is 1. The summed E-state index contributed by atoms with van der Waals surface area (Å²) in [4.78, 5) is 16.3. The van der Waals surface area contributed by atoms with Crippen molar-refractivity contribution in [2.24, 2.45) is 24.8 Å². The number of hydrogen-bond acceptors (Lipinski definition) is 3. The van der Waals surface area contributed by atoms with Crippen LogP contribution < -0.4 is 9.47 Å². The lowest BCUT2D eigenvalue weighted by molar-refractivity contribution is -0.634. The minimum absolute atomic E-state index is 0.00534. The summed E-state index contributed by atoms with van der Waals surface area (Å²) in [7, 11) is 2.10. The zero-order valence-electron chi connectivity index (χ0n) is 26.0. The van der Waals surface area contributed by atoms with Gasteiger partial charge in [-0.25, -0.2) is 13.9 Å². The minimum Gasteiger partial charge on any atom is -0.459 e. The summed E-state index contributed by atoms with van der Waals surface area (Å²) in [5.74, 6) is 2.43. The molecule has 4 atom stereocenters. The van der Waals surface area contributed by atoms with Crippen molar-refractivity contribution >= 4 is 22.7 Å². The fraction of sp³-hybridized carbons (Fsp3) is 0.600. The first-order valence-corrected chi connectivity index (χ1v) is 15.8. The Balaban J connectivity index is 1.68. The molecule has 4 rings (SSSR count). The molecule has 1 aromatic heterocycles. The van der Waals surface area contributed by atoms with Gasteiger partial charge in [0.1, 0.15) is 6.10 Å². The molecule has 0 bridgehead atoms. The van der Waals surface area contributed by atoms with Crippen LogP contribution in [0.4, 0.5) is 5.69 Å². The first-order valence-electron chi connectivity index (χ1n) is 15.8. The van der Waals surface area contributed by atoms with Gasteiger partial charge in [-0.05, 0) is 86.8 Å². The van der Waals surface area contributed by atoms with Crippen molar-refractivity contribution in [1.29, 1.82) is 0 Å². The Hall–Kier alpha value is -2.82. The Morgan fingerprint density at radius 2 is 1.65 bits per heavy atom. The van der Waals surface area contributed by atoms with Gasteiger partial charge in [0, 0.05) is 18.8 Å². The Bertz CT molecular complexity index is 1240. The van der Waals surface area contributed by atoms with Gasteiger partial charge < -0.3 is 9.64 Å². The van der Waals surface area contributed by atoms with Crippen molar-refractivity contribution in [3.8, 4) is 11.4 Å². The van der Waals surface area contributed by atoms with Crippen LogP contribution in [0.5, 0.6) is 0 Å². The van der Waals surface area contributed by atoms with Crippen LogP contribution in [-0.4, -0.2) is 29.7 Å². The maximum atomic E-state index is 13.8. The van der Waals surface area contributed by atoms with E-state index in [1.165, 1.54) is 37.8 Å². The number of aromatic nitrogens is 2. The molecule has 2 aromatic carbocycles. The molecular formula is C35H52N3O2+. The molecule has 1 heterocycles. The highest BCUT2D eigenvalue weighted by atomic mass is 16.5. The maximum absolute atomic E-state index is 13.8. The van der Waals surface area contributed by atoms with E-state index < -0.39 is 6.04 Å². The topological polar surface area (TPSA) is 38.4 Å². The van der Waals surface area contributed by atoms with Gasteiger partial charge in [0.2, 0.25) is 0 Å². The number of unbranched alkanes of at least 4 members (excludes halogenated alkanes) is 2. The van der Waals surface area contributed by atoms with E-state index in [1.807, 2.05) is 6.92 Å². The Morgan fingerprint density at radius 1 is 1.00 bits per heavy atom. The number of carbonyl (C=O) groups is 1. The molecule has 218 valence electrons. The van der Waals surface area contributed by atoms with Gasteiger partial charge in [0.15, 0.2) is 17.1 Å². The number of hydrogen-bond donors (Lipinski definition) is 0. The Labute approximate surface area is 242 Å². The summed E-state index contributed by atoms with van der Waals surface area (Å²) < 4.78 is 10.8. The van der Waals surface area contributed by atoms with Gasteiger partial charge in [0.25, 0.3) is 5.82 Å². The molecule has 1 aliphatic carbocycles. The third kappa shape index (κ3) is 6.56. The molecule has 40 heavy (non-hydrogen) atoms. The molecule has 0 amide bonds. The highest BCUT2D eigenvalue weighted by Crippen LogP contribution is 2.36. The van der Waals surface area contributed by atoms with Gasteiger partial charge >= 0.3 is 5.97 Å². The van der Waals surface area contributed by atoms with Gasteiger partial charge in [-0.2, -0.15) is 0 Å². The second-order valence-corrected chi connectivity index (χ2v) is 12.5. The van der Waals surface area contributed by atoms with E-state index in [4.69, 9.17) is 4.74 Å². The van der Waals surface area contributed by atoms with Crippen LogP contribution in [0.25, 0.3) is 22.4 Å². The SMILES string of the molecule is CCCCN(CCCC)c1ccc(-c2n([C@H](C)C(=O)O[C@@H]3C[C@H](C)CCC3C(C)C)c3ccccc3[n+]2C)cc1. The van der Waals surface area contributed by atoms with E-state index in [1.54, 1.807) is 0 Å². The lowest BCUT2D eigenvalue weighted by Gasteiger charge is -2.37. The fourth-order valence-corrected chi connectivity index (χ4v) is 6.56. The number of imidazole rings is 1. The van der Waals surface area contributed by atoms with Crippen molar-refractivity contribution in [1.82, 2.24) is 4.57 Å². The van der Waals surface area contributed by atoms with Crippen LogP contribution in [0.3, 0.4) is 0 Å². The van der Waals surface area contributed by atoms with Crippen molar-refractivity contribution in [3.63, 3.8) is 0 Å². The zero-order chi connectivity index (χ0) is 28.8. The van der Waals surface area contributed by atoms with E-state index in [9.17, 15) is 4.79 Å². The molecule has 0 N–H and O–H groups in total. The number of para-hydroxylation sites is 2. The minimum atomic E-state index is -0.434. The van der Waals surface area contributed by atoms with Gasteiger partial charge in [-0.3, -0.25) is 0 Å². The number of esters is 1. The summed E-state index contributed by atoms with van der Waals surface area (Å²) in [6, 6.07) is 16.9. The molecule has 0 radical (unpaired) electrons. The third-order valence-corrected chi connectivity index (χ3v) is 9.06. The summed E-state index contributed by atoms with van der Waals surface area (Å²) >= 11 is 0. The monoisotopic (exact) mass is 546 g/mol. The van der Waals surface area contributed by atoms with Crippen molar-refractivity contribution in [3.05, 3.63) is 48.5 Å².